The third kappa shape index (κ3) is 2.77. The van der Waals surface area contributed by atoms with E-state index in [0.29, 0.717) is 0 Å². The molecule has 7 nitrogen and oxygen atoms in total. The molecule has 1 aliphatic rings. The van der Waals surface area contributed by atoms with E-state index in [2.05, 4.69) is 30.0 Å². The lowest BCUT2D eigenvalue weighted by molar-refractivity contribution is 0.241. The molecule has 0 spiro atoms. The highest BCUT2D eigenvalue weighted by molar-refractivity contribution is 5.39. The minimum Gasteiger partial charge on any atom is -0.354 e. The molecule has 0 aliphatic carbocycles. The molecule has 1 aliphatic heterocycles. The van der Waals surface area contributed by atoms with E-state index in [9.17, 15) is 0 Å². The number of aryl methyl sites for hydroxylation is 2. The molecule has 106 valence electrons. The molecule has 1 fully saturated rings. The number of nitrogens with zero attached hydrogens (tertiary/aromatic N) is 7. The van der Waals surface area contributed by atoms with Gasteiger partial charge in [0.25, 0.3) is 0 Å². The van der Waals surface area contributed by atoms with Crippen molar-refractivity contribution in [1.29, 1.82) is 0 Å². The molecule has 0 saturated carbocycles. The van der Waals surface area contributed by atoms with E-state index < -0.39 is 0 Å². The highest BCUT2D eigenvalue weighted by Gasteiger charge is 2.19. The van der Waals surface area contributed by atoms with Gasteiger partial charge in [0.05, 0.1) is 6.54 Å². The average Bonchev–Trinajstić information content (AvgIpc) is 2.85. The third-order valence-electron chi connectivity index (χ3n) is 3.66. The topological polar surface area (TPSA) is 63.0 Å². The van der Waals surface area contributed by atoms with Crippen LogP contribution in [0.15, 0.2) is 18.7 Å². The Morgan fingerprint density at radius 3 is 2.60 bits per heavy atom. The number of rotatable bonds is 3. The Morgan fingerprint density at radius 1 is 1.15 bits per heavy atom. The molecule has 0 aromatic carbocycles. The smallest absolute Gasteiger partial charge is 0.146 e. The fourth-order valence-corrected chi connectivity index (χ4v) is 2.40. The maximum atomic E-state index is 4.35. The lowest BCUT2D eigenvalue weighted by Gasteiger charge is -2.35. The summed E-state index contributed by atoms with van der Waals surface area (Å²) >= 11 is 0. The van der Waals surface area contributed by atoms with Crippen LogP contribution < -0.4 is 4.90 Å². The summed E-state index contributed by atoms with van der Waals surface area (Å²) in [4.78, 5) is 13.2. The molecule has 1 saturated heterocycles. The predicted molar refractivity (Wildman–Crippen MR) is 75.3 cm³/mol. The van der Waals surface area contributed by atoms with Crippen LogP contribution in [-0.4, -0.2) is 55.8 Å². The van der Waals surface area contributed by atoms with E-state index in [1.807, 2.05) is 24.6 Å². The number of hydrogen-bond donors (Lipinski definition) is 0. The summed E-state index contributed by atoms with van der Waals surface area (Å²) in [7, 11) is 1.98. The van der Waals surface area contributed by atoms with E-state index in [-0.39, 0.29) is 0 Å². The largest absolute Gasteiger partial charge is 0.354 e. The zero-order chi connectivity index (χ0) is 13.9. The molecule has 0 amide bonds. The highest BCUT2D eigenvalue weighted by Crippen LogP contribution is 2.14. The molecule has 3 heterocycles. The molecule has 20 heavy (non-hydrogen) atoms. The van der Waals surface area contributed by atoms with Gasteiger partial charge in [0.15, 0.2) is 0 Å². The first-order chi connectivity index (χ1) is 9.72. The average molecular weight is 273 g/mol. The van der Waals surface area contributed by atoms with E-state index >= 15 is 0 Å². The minimum absolute atomic E-state index is 0.854. The zero-order valence-corrected chi connectivity index (χ0v) is 11.9. The molecule has 3 rings (SSSR count). The molecular formula is C13H19N7. The Hall–Kier alpha value is -2.02. The second-order valence-electron chi connectivity index (χ2n) is 5.14. The van der Waals surface area contributed by atoms with E-state index in [4.69, 9.17) is 0 Å². The fraction of sp³-hybridized carbons (Fsp3) is 0.538. The van der Waals surface area contributed by atoms with Gasteiger partial charge in [-0.2, -0.15) is 0 Å². The summed E-state index contributed by atoms with van der Waals surface area (Å²) in [6.07, 6.45) is 3.38. The number of anilines is 1. The van der Waals surface area contributed by atoms with E-state index in [1.54, 1.807) is 12.7 Å². The number of piperazine rings is 1. The summed E-state index contributed by atoms with van der Waals surface area (Å²) in [5.41, 5.74) is 1.01. The Morgan fingerprint density at radius 2 is 1.95 bits per heavy atom. The van der Waals surface area contributed by atoms with Gasteiger partial charge in [-0.1, -0.05) is 0 Å². The molecule has 0 atom stereocenters. The quantitative estimate of drug-likeness (QED) is 0.798. The van der Waals surface area contributed by atoms with Gasteiger partial charge in [-0.25, -0.2) is 9.97 Å². The molecular weight excluding hydrogens is 254 g/mol. The van der Waals surface area contributed by atoms with Crippen molar-refractivity contribution in [2.24, 2.45) is 7.05 Å². The SMILES string of the molecule is Cc1cc(N2CCN(Cc3nncn3C)CC2)ncn1. The predicted octanol–water partition coefficient (Wildman–Crippen LogP) is 0.236. The van der Waals surface area contributed by atoms with E-state index in [1.165, 1.54) is 0 Å². The maximum absolute atomic E-state index is 4.35. The van der Waals surface area contributed by atoms with E-state index in [0.717, 1.165) is 50.1 Å². The van der Waals surface area contributed by atoms with Crippen LogP contribution in [0.3, 0.4) is 0 Å². The second-order valence-corrected chi connectivity index (χ2v) is 5.14. The highest BCUT2D eigenvalue weighted by atomic mass is 15.3. The van der Waals surface area contributed by atoms with Crippen LogP contribution in [0.4, 0.5) is 5.82 Å². The van der Waals surface area contributed by atoms with Gasteiger partial charge in [-0.05, 0) is 6.92 Å². The molecule has 0 N–H and O–H groups in total. The summed E-state index contributed by atoms with van der Waals surface area (Å²) in [6, 6.07) is 2.04. The fourth-order valence-electron chi connectivity index (χ4n) is 2.40. The molecule has 0 radical (unpaired) electrons. The molecule has 2 aromatic heterocycles. The molecule has 0 bridgehead atoms. The van der Waals surface area contributed by atoms with Crippen LogP contribution in [0.25, 0.3) is 0 Å². The van der Waals surface area contributed by atoms with Gasteiger partial charge < -0.3 is 9.47 Å². The van der Waals surface area contributed by atoms with Crippen molar-refractivity contribution in [3.8, 4) is 0 Å². The Bertz CT molecular complexity index is 572. The molecule has 0 unspecified atom stereocenters. The van der Waals surface area contributed by atoms with Gasteiger partial charge >= 0.3 is 0 Å². The van der Waals surface area contributed by atoms with Gasteiger partial charge in [-0.15, -0.1) is 10.2 Å². The summed E-state index contributed by atoms with van der Waals surface area (Å²) < 4.78 is 1.97. The summed E-state index contributed by atoms with van der Waals surface area (Å²) in [5.74, 6) is 2.03. The van der Waals surface area contributed by atoms with Gasteiger partial charge in [0.2, 0.25) is 0 Å². The minimum atomic E-state index is 0.854. The maximum Gasteiger partial charge on any atom is 0.146 e. The Kier molecular flexibility index (Phi) is 3.60. The number of aromatic nitrogens is 5. The van der Waals surface area contributed by atoms with Crippen molar-refractivity contribution in [3.05, 3.63) is 30.2 Å². The van der Waals surface area contributed by atoms with Crippen molar-refractivity contribution in [2.45, 2.75) is 13.5 Å². The Balaban J connectivity index is 1.58. The van der Waals surface area contributed by atoms with Crippen molar-refractivity contribution in [1.82, 2.24) is 29.6 Å². The molecule has 2 aromatic rings. The van der Waals surface area contributed by atoms with Gasteiger partial charge in [0, 0.05) is 45.0 Å². The van der Waals surface area contributed by atoms with Crippen LogP contribution >= 0.6 is 0 Å². The monoisotopic (exact) mass is 273 g/mol. The van der Waals surface area contributed by atoms with Crippen LogP contribution in [-0.2, 0) is 13.6 Å². The molecule has 7 heteroatoms. The van der Waals surface area contributed by atoms with Crippen molar-refractivity contribution in [2.75, 3.05) is 31.1 Å². The number of hydrogen-bond acceptors (Lipinski definition) is 6. The van der Waals surface area contributed by atoms with Crippen molar-refractivity contribution in [3.63, 3.8) is 0 Å². The third-order valence-corrected chi connectivity index (χ3v) is 3.66. The lowest BCUT2D eigenvalue weighted by Crippen LogP contribution is -2.46. The first kappa shape index (κ1) is 13.0. The van der Waals surface area contributed by atoms with Crippen LogP contribution in [0.2, 0.25) is 0 Å². The van der Waals surface area contributed by atoms with Crippen LogP contribution in [0.5, 0.6) is 0 Å². The summed E-state index contributed by atoms with van der Waals surface area (Å²) in [5, 5.41) is 8.05. The van der Waals surface area contributed by atoms with Gasteiger partial charge in [-0.3, -0.25) is 4.90 Å². The van der Waals surface area contributed by atoms with Crippen LogP contribution in [0.1, 0.15) is 11.5 Å². The second kappa shape index (κ2) is 5.54. The van der Waals surface area contributed by atoms with Crippen molar-refractivity contribution < 1.29 is 0 Å². The zero-order valence-electron chi connectivity index (χ0n) is 11.9. The summed E-state index contributed by atoms with van der Waals surface area (Å²) in [6.45, 7) is 6.83. The van der Waals surface area contributed by atoms with Gasteiger partial charge in [0.1, 0.15) is 24.3 Å². The standard InChI is InChI=1S/C13H19N7/c1-11-7-12(15-9-14-11)20-5-3-19(4-6-20)8-13-17-16-10-18(13)2/h7,9-10H,3-6,8H2,1-2H3. The van der Waals surface area contributed by atoms with Crippen molar-refractivity contribution >= 4 is 5.82 Å². The lowest BCUT2D eigenvalue weighted by atomic mass is 10.3. The Labute approximate surface area is 118 Å². The first-order valence-electron chi connectivity index (χ1n) is 6.81. The first-order valence-corrected chi connectivity index (χ1v) is 6.81. The normalized spacial score (nSPS) is 16.6. The van der Waals surface area contributed by atoms with Crippen LogP contribution in [0, 0.1) is 6.92 Å².